The summed E-state index contributed by atoms with van der Waals surface area (Å²) in [6.07, 6.45) is 0. The van der Waals surface area contributed by atoms with Gasteiger partial charge in [0.1, 0.15) is 23.3 Å². The number of anilines is 1. The minimum Gasteiger partial charge on any atom is -0.348 e. The summed E-state index contributed by atoms with van der Waals surface area (Å²) < 4.78 is 55.1. The standard InChI is InChI=1S/C23H15F4N3O4S/c24-13-7-17(26)14(18(27)8-13)9-28-23(32)12-4-5-20-21(6-12)35-11-22(31)29(20)10-15-16(25)2-1-3-19(15)30(33)34/h1-8H,9-11H2,(H,28,32). The second kappa shape index (κ2) is 9.74. The van der Waals surface area contributed by atoms with Crippen LogP contribution < -0.4 is 10.2 Å². The molecular formula is C23H15F4N3O4S. The van der Waals surface area contributed by atoms with E-state index in [-0.39, 0.29) is 23.4 Å². The molecule has 0 aliphatic carbocycles. The van der Waals surface area contributed by atoms with Gasteiger partial charge >= 0.3 is 0 Å². The van der Waals surface area contributed by atoms with Gasteiger partial charge in [-0.3, -0.25) is 19.7 Å². The molecule has 0 radical (unpaired) electrons. The van der Waals surface area contributed by atoms with Crippen LogP contribution in [-0.4, -0.2) is 22.5 Å². The first-order chi connectivity index (χ1) is 16.7. The summed E-state index contributed by atoms with van der Waals surface area (Å²) >= 11 is 1.12. The van der Waals surface area contributed by atoms with Crippen LogP contribution >= 0.6 is 11.8 Å². The third kappa shape index (κ3) is 4.97. The van der Waals surface area contributed by atoms with Gasteiger partial charge in [-0.15, -0.1) is 11.8 Å². The fraction of sp³-hybridized carbons (Fsp3) is 0.130. The predicted molar refractivity (Wildman–Crippen MR) is 119 cm³/mol. The van der Waals surface area contributed by atoms with Crippen molar-refractivity contribution in [2.45, 2.75) is 18.0 Å². The molecule has 1 aliphatic rings. The highest BCUT2D eigenvalue weighted by molar-refractivity contribution is 8.00. The largest absolute Gasteiger partial charge is 0.348 e. The molecule has 0 saturated carbocycles. The number of nitrogens with one attached hydrogen (secondary N) is 1. The number of nitro benzene ring substituents is 1. The molecule has 0 bridgehead atoms. The summed E-state index contributed by atoms with van der Waals surface area (Å²) in [5.74, 6) is -5.32. The van der Waals surface area contributed by atoms with Crippen molar-refractivity contribution in [1.82, 2.24) is 5.32 Å². The maximum absolute atomic E-state index is 14.4. The van der Waals surface area contributed by atoms with Gasteiger partial charge in [-0.05, 0) is 24.3 Å². The van der Waals surface area contributed by atoms with Crippen LogP contribution in [0.25, 0.3) is 0 Å². The Hall–Kier alpha value is -3.93. The zero-order valence-electron chi connectivity index (χ0n) is 17.7. The summed E-state index contributed by atoms with van der Waals surface area (Å²) in [5, 5.41) is 13.7. The monoisotopic (exact) mass is 505 g/mol. The van der Waals surface area contributed by atoms with E-state index >= 15 is 0 Å². The van der Waals surface area contributed by atoms with Crippen LogP contribution in [0, 0.1) is 33.4 Å². The van der Waals surface area contributed by atoms with Crippen LogP contribution in [0.4, 0.5) is 28.9 Å². The zero-order chi connectivity index (χ0) is 25.3. The number of carbonyl (C=O) groups excluding carboxylic acids is 2. The van der Waals surface area contributed by atoms with Crippen LogP contribution in [0.3, 0.4) is 0 Å². The summed E-state index contributed by atoms with van der Waals surface area (Å²) in [5.41, 5.74) is -0.778. The molecule has 4 rings (SSSR count). The molecule has 3 aromatic carbocycles. The smallest absolute Gasteiger partial charge is 0.277 e. The highest BCUT2D eigenvalue weighted by Crippen LogP contribution is 2.38. The molecule has 35 heavy (non-hydrogen) atoms. The molecule has 1 N–H and O–H groups in total. The van der Waals surface area contributed by atoms with Gasteiger partial charge in [0, 0.05) is 40.8 Å². The zero-order valence-corrected chi connectivity index (χ0v) is 18.5. The maximum Gasteiger partial charge on any atom is 0.277 e. The van der Waals surface area contributed by atoms with Crippen molar-refractivity contribution >= 4 is 35.0 Å². The van der Waals surface area contributed by atoms with Crippen molar-refractivity contribution in [1.29, 1.82) is 0 Å². The van der Waals surface area contributed by atoms with Crippen molar-refractivity contribution in [2.24, 2.45) is 0 Å². The van der Waals surface area contributed by atoms with Gasteiger partial charge in [-0.2, -0.15) is 0 Å². The van der Waals surface area contributed by atoms with Crippen LogP contribution in [0.5, 0.6) is 0 Å². The van der Waals surface area contributed by atoms with Gasteiger partial charge in [0.2, 0.25) is 5.91 Å². The quantitative estimate of drug-likeness (QED) is 0.297. The van der Waals surface area contributed by atoms with E-state index in [0.29, 0.717) is 22.7 Å². The van der Waals surface area contributed by atoms with Crippen LogP contribution in [0.15, 0.2) is 53.4 Å². The van der Waals surface area contributed by atoms with E-state index in [1.54, 1.807) is 0 Å². The number of rotatable bonds is 6. The molecule has 0 spiro atoms. The summed E-state index contributed by atoms with van der Waals surface area (Å²) in [4.78, 5) is 37.4. The molecule has 3 aromatic rings. The SMILES string of the molecule is O=C(NCc1c(F)cc(F)cc1F)c1ccc2c(c1)SCC(=O)N2Cc1c(F)cccc1[N+](=O)[O-]. The Kier molecular flexibility index (Phi) is 6.74. The number of benzene rings is 3. The van der Waals surface area contributed by atoms with Gasteiger partial charge in [-0.25, -0.2) is 17.6 Å². The van der Waals surface area contributed by atoms with E-state index in [1.165, 1.54) is 29.2 Å². The van der Waals surface area contributed by atoms with Crippen molar-refractivity contribution < 1.29 is 32.1 Å². The lowest BCUT2D eigenvalue weighted by atomic mass is 10.1. The number of hydrogen-bond acceptors (Lipinski definition) is 5. The predicted octanol–water partition coefficient (Wildman–Crippen LogP) is 4.72. The summed E-state index contributed by atoms with van der Waals surface area (Å²) in [6, 6.07) is 8.65. The van der Waals surface area contributed by atoms with Crippen molar-refractivity contribution in [3.05, 3.63) is 98.6 Å². The molecule has 180 valence electrons. The molecule has 0 unspecified atom stereocenters. The lowest BCUT2D eigenvalue weighted by Crippen LogP contribution is -2.35. The topological polar surface area (TPSA) is 92.6 Å². The molecular weight excluding hydrogens is 490 g/mol. The number of fused-ring (bicyclic) bond motifs is 1. The van der Waals surface area contributed by atoms with Crippen LogP contribution in [0.1, 0.15) is 21.5 Å². The third-order valence-electron chi connectivity index (χ3n) is 5.30. The Bertz CT molecular complexity index is 1350. The van der Waals surface area contributed by atoms with Crippen LogP contribution in [-0.2, 0) is 17.9 Å². The van der Waals surface area contributed by atoms with Crippen molar-refractivity contribution in [3.8, 4) is 0 Å². The average Bonchev–Trinajstić information content (AvgIpc) is 2.80. The normalized spacial score (nSPS) is 12.9. The number of nitro groups is 1. The fourth-order valence-electron chi connectivity index (χ4n) is 3.56. The van der Waals surface area contributed by atoms with Gasteiger partial charge in [0.15, 0.2) is 0 Å². The van der Waals surface area contributed by atoms with E-state index < -0.39 is 57.8 Å². The molecule has 7 nitrogen and oxygen atoms in total. The molecule has 1 heterocycles. The molecule has 0 atom stereocenters. The van der Waals surface area contributed by atoms with E-state index in [9.17, 15) is 37.3 Å². The van der Waals surface area contributed by atoms with Gasteiger partial charge in [0.05, 0.1) is 28.5 Å². The van der Waals surface area contributed by atoms with Gasteiger partial charge < -0.3 is 10.2 Å². The fourth-order valence-corrected chi connectivity index (χ4v) is 4.53. The van der Waals surface area contributed by atoms with Crippen molar-refractivity contribution in [3.63, 3.8) is 0 Å². The number of thioether (sulfide) groups is 1. The number of nitrogens with zero attached hydrogens (tertiary/aromatic N) is 2. The highest BCUT2D eigenvalue weighted by atomic mass is 32.2. The molecule has 0 saturated heterocycles. The van der Waals surface area contributed by atoms with E-state index in [2.05, 4.69) is 5.32 Å². The third-order valence-corrected chi connectivity index (χ3v) is 6.33. The Morgan fingerprint density at radius 2 is 1.74 bits per heavy atom. The lowest BCUT2D eigenvalue weighted by Gasteiger charge is -2.29. The molecule has 12 heteroatoms. The van der Waals surface area contributed by atoms with Gasteiger partial charge in [-0.1, -0.05) is 6.07 Å². The summed E-state index contributed by atoms with van der Waals surface area (Å²) in [6.45, 7) is -0.910. The van der Waals surface area contributed by atoms with E-state index in [4.69, 9.17) is 0 Å². The minimum atomic E-state index is -1.14. The average molecular weight is 505 g/mol. The highest BCUT2D eigenvalue weighted by Gasteiger charge is 2.29. The second-order valence-corrected chi connectivity index (χ2v) is 8.49. The Morgan fingerprint density at radius 1 is 1.03 bits per heavy atom. The molecule has 1 aliphatic heterocycles. The van der Waals surface area contributed by atoms with Crippen molar-refractivity contribution in [2.75, 3.05) is 10.7 Å². The number of halogens is 4. The number of amides is 2. The van der Waals surface area contributed by atoms with E-state index in [0.717, 1.165) is 23.9 Å². The lowest BCUT2D eigenvalue weighted by molar-refractivity contribution is -0.385. The number of hydrogen-bond donors (Lipinski definition) is 1. The Labute approximate surface area is 199 Å². The first-order valence-electron chi connectivity index (χ1n) is 10.1. The Balaban J connectivity index is 1.57. The van der Waals surface area contributed by atoms with Gasteiger partial charge in [0.25, 0.3) is 11.6 Å². The first-order valence-corrected chi connectivity index (χ1v) is 11.0. The molecule has 0 fully saturated rings. The summed E-state index contributed by atoms with van der Waals surface area (Å²) in [7, 11) is 0. The Morgan fingerprint density at radius 3 is 2.43 bits per heavy atom. The first kappa shape index (κ1) is 24.2. The van der Waals surface area contributed by atoms with E-state index in [1.807, 2.05) is 0 Å². The minimum absolute atomic E-state index is 0.0493. The second-order valence-electron chi connectivity index (χ2n) is 7.48. The maximum atomic E-state index is 14.4. The molecule has 0 aromatic heterocycles. The number of carbonyl (C=O) groups is 2. The van der Waals surface area contributed by atoms with Crippen LogP contribution in [0.2, 0.25) is 0 Å². The molecule has 2 amide bonds.